The van der Waals surface area contributed by atoms with Crippen LogP contribution in [0.4, 0.5) is 0 Å². The average Bonchev–Trinajstić information content (AvgIpc) is 2.24. The van der Waals surface area contributed by atoms with E-state index in [4.69, 9.17) is 0 Å². The lowest BCUT2D eigenvalue weighted by Crippen LogP contribution is -2.53. The van der Waals surface area contributed by atoms with E-state index in [1.165, 1.54) is 12.8 Å². The van der Waals surface area contributed by atoms with E-state index in [9.17, 15) is 4.79 Å². The Bertz CT molecular complexity index is 290. The van der Waals surface area contributed by atoms with Crippen LogP contribution in [0, 0.1) is 11.3 Å². The molecule has 0 aliphatic heterocycles. The van der Waals surface area contributed by atoms with Crippen LogP contribution in [0.25, 0.3) is 0 Å². The maximum Gasteiger partial charge on any atom is 0.153 e. The van der Waals surface area contributed by atoms with Gasteiger partial charge in [0.05, 0.1) is 5.54 Å². The average molecular weight is 253 g/mol. The van der Waals surface area contributed by atoms with Crippen molar-refractivity contribution < 1.29 is 4.79 Å². The fraction of sp³-hybridized carbons (Fsp3) is 0.938. The van der Waals surface area contributed by atoms with E-state index in [1.807, 2.05) is 0 Å². The molecule has 0 spiro atoms. The van der Waals surface area contributed by atoms with Gasteiger partial charge < -0.3 is 0 Å². The Labute approximate surface area is 113 Å². The SMILES string of the molecule is CC1CCCC(C(=O)CCC(C)(C)C)(N(C)C)C1. The Hall–Kier alpha value is -0.370. The normalized spacial score (nSPS) is 29.6. The van der Waals surface area contributed by atoms with Crippen LogP contribution in [0.3, 0.4) is 0 Å². The smallest absolute Gasteiger partial charge is 0.153 e. The van der Waals surface area contributed by atoms with Crippen molar-refractivity contribution in [1.82, 2.24) is 4.90 Å². The zero-order valence-electron chi connectivity index (χ0n) is 13.2. The lowest BCUT2D eigenvalue weighted by atomic mass is 9.71. The molecule has 18 heavy (non-hydrogen) atoms. The quantitative estimate of drug-likeness (QED) is 0.757. The third-order valence-corrected chi connectivity index (χ3v) is 4.45. The molecule has 0 aromatic heterocycles. The summed E-state index contributed by atoms with van der Waals surface area (Å²) in [6, 6.07) is 0. The molecule has 106 valence electrons. The highest BCUT2D eigenvalue weighted by molar-refractivity contribution is 5.88. The van der Waals surface area contributed by atoms with Crippen molar-refractivity contribution in [2.45, 2.75) is 71.8 Å². The van der Waals surface area contributed by atoms with Gasteiger partial charge in [-0.05, 0) is 44.7 Å². The van der Waals surface area contributed by atoms with E-state index < -0.39 is 0 Å². The summed E-state index contributed by atoms with van der Waals surface area (Å²) in [4.78, 5) is 14.9. The molecule has 1 aliphatic rings. The molecule has 0 heterocycles. The maximum absolute atomic E-state index is 12.7. The molecule has 2 nitrogen and oxygen atoms in total. The van der Waals surface area contributed by atoms with Gasteiger partial charge in [-0.3, -0.25) is 9.69 Å². The van der Waals surface area contributed by atoms with Crippen molar-refractivity contribution in [2.24, 2.45) is 11.3 Å². The molecule has 0 amide bonds. The van der Waals surface area contributed by atoms with Crippen LogP contribution in [0.5, 0.6) is 0 Å². The molecule has 0 bridgehead atoms. The van der Waals surface area contributed by atoms with E-state index in [1.54, 1.807) is 0 Å². The summed E-state index contributed by atoms with van der Waals surface area (Å²) >= 11 is 0. The molecule has 2 heteroatoms. The zero-order chi connectivity index (χ0) is 14.0. The van der Waals surface area contributed by atoms with Gasteiger partial charge >= 0.3 is 0 Å². The molecule has 2 unspecified atom stereocenters. The number of carbonyl (C=O) groups is 1. The predicted molar refractivity (Wildman–Crippen MR) is 77.7 cm³/mol. The molecule has 0 saturated heterocycles. The summed E-state index contributed by atoms with van der Waals surface area (Å²) in [6.07, 6.45) is 6.29. The van der Waals surface area contributed by atoms with Crippen LogP contribution in [-0.4, -0.2) is 30.3 Å². The highest BCUT2D eigenvalue weighted by atomic mass is 16.1. The number of ketones is 1. The summed E-state index contributed by atoms with van der Waals surface area (Å²) in [6.45, 7) is 8.93. The molecule has 1 fully saturated rings. The van der Waals surface area contributed by atoms with Gasteiger partial charge in [-0.1, -0.05) is 40.5 Å². The van der Waals surface area contributed by atoms with Crippen molar-refractivity contribution in [3.8, 4) is 0 Å². The number of rotatable bonds is 4. The Morgan fingerprint density at radius 2 is 1.94 bits per heavy atom. The molecule has 0 N–H and O–H groups in total. The van der Waals surface area contributed by atoms with Gasteiger partial charge in [0.1, 0.15) is 0 Å². The first-order valence-corrected chi connectivity index (χ1v) is 7.38. The van der Waals surface area contributed by atoms with Crippen LogP contribution in [0.1, 0.15) is 66.2 Å². The number of nitrogens with zero attached hydrogens (tertiary/aromatic N) is 1. The van der Waals surface area contributed by atoms with Gasteiger partial charge in [-0.25, -0.2) is 0 Å². The van der Waals surface area contributed by atoms with E-state index in [2.05, 4.69) is 46.7 Å². The predicted octanol–water partition coefficient (Wildman–Crippen LogP) is 3.89. The topological polar surface area (TPSA) is 20.3 Å². The molecular formula is C16H31NO. The first kappa shape index (κ1) is 15.7. The number of hydrogen-bond donors (Lipinski definition) is 0. The van der Waals surface area contributed by atoms with Crippen LogP contribution >= 0.6 is 0 Å². The number of carbonyl (C=O) groups excluding carboxylic acids is 1. The van der Waals surface area contributed by atoms with E-state index in [0.29, 0.717) is 11.7 Å². The van der Waals surface area contributed by atoms with E-state index >= 15 is 0 Å². The minimum absolute atomic E-state index is 0.178. The lowest BCUT2D eigenvalue weighted by Gasteiger charge is -2.44. The molecule has 0 aromatic carbocycles. The van der Waals surface area contributed by atoms with Crippen LogP contribution < -0.4 is 0 Å². The Morgan fingerprint density at radius 1 is 1.33 bits per heavy atom. The third-order valence-electron chi connectivity index (χ3n) is 4.45. The first-order chi connectivity index (χ1) is 8.17. The summed E-state index contributed by atoms with van der Waals surface area (Å²) in [5.74, 6) is 1.15. The minimum Gasteiger partial charge on any atom is -0.298 e. The Kier molecular flexibility index (Phi) is 4.99. The monoisotopic (exact) mass is 253 g/mol. The van der Waals surface area contributed by atoms with Gasteiger partial charge in [-0.2, -0.15) is 0 Å². The van der Waals surface area contributed by atoms with Crippen molar-refractivity contribution in [3.63, 3.8) is 0 Å². The highest BCUT2D eigenvalue weighted by Gasteiger charge is 2.42. The molecule has 0 radical (unpaired) electrons. The summed E-state index contributed by atoms with van der Waals surface area (Å²) in [5.41, 5.74) is 0.0758. The highest BCUT2D eigenvalue weighted by Crippen LogP contribution is 2.38. The van der Waals surface area contributed by atoms with Gasteiger partial charge in [0.15, 0.2) is 5.78 Å². The minimum atomic E-state index is -0.178. The van der Waals surface area contributed by atoms with Gasteiger partial charge in [0.2, 0.25) is 0 Å². The maximum atomic E-state index is 12.7. The summed E-state index contributed by atoms with van der Waals surface area (Å²) in [5, 5.41) is 0. The van der Waals surface area contributed by atoms with Crippen LogP contribution in [0.15, 0.2) is 0 Å². The number of Topliss-reactive ketones (excluding diaryl/α,β-unsaturated/α-hetero) is 1. The van der Waals surface area contributed by atoms with Crippen LogP contribution in [0.2, 0.25) is 0 Å². The summed E-state index contributed by atoms with van der Waals surface area (Å²) in [7, 11) is 4.15. The largest absolute Gasteiger partial charge is 0.298 e. The fourth-order valence-corrected chi connectivity index (χ4v) is 3.15. The molecule has 1 saturated carbocycles. The zero-order valence-corrected chi connectivity index (χ0v) is 13.2. The van der Waals surface area contributed by atoms with Crippen molar-refractivity contribution in [2.75, 3.05) is 14.1 Å². The molecule has 1 aliphatic carbocycles. The van der Waals surface area contributed by atoms with Crippen LogP contribution in [-0.2, 0) is 4.79 Å². The Morgan fingerprint density at radius 3 is 2.39 bits per heavy atom. The van der Waals surface area contributed by atoms with E-state index in [0.717, 1.165) is 25.7 Å². The molecule has 0 aromatic rings. The first-order valence-electron chi connectivity index (χ1n) is 7.38. The molecule has 1 rings (SSSR count). The lowest BCUT2D eigenvalue weighted by molar-refractivity contribution is -0.133. The Balaban J connectivity index is 2.75. The fourth-order valence-electron chi connectivity index (χ4n) is 3.15. The van der Waals surface area contributed by atoms with Gasteiger partial charge in [0.25, 0.3) is 0 Å². The molecule has 2 atom stereocenters. The number of likely N-dealkylation sites (N-methyl/N-ethyl adjacent to an activating group) is 1. The van der Waals surface area contributed by atoms with Gasteiger partial charge in [0, 0.05) is 6.42 Å². The third kappa shape index (κ3) is 3.81. The second-order valence-electron chi connectivity index (χ2n) is 7.61. The van der Waals surface area contributed by atoms with Crippen molar-refractivity contribution in [1.29, 1.82) is 0 Å². The second kappa shape index (κ2) is 5.73. The van der Waals surface area contributed by atoms with Crippen molar-refractivity contribution >= 4 is 5.78 Å². The van der Waals surface area contributed by atoms with Gasteiger partial charge in [-0.15, -0.1) is 0 Å². The summed E-state index contributed by atoms with van der Waals surface area (Å²) < 4.78 is 0. The van der Waals surface area contributed by atoms with E-state index in [-0.39, 0.29) is 11.0 Å². The second-order valence-corrected chi connectivity index (χ2v) is 7.61. The number of hydrogen-bond acceptors (Lipinski definition) is 2. The molecular weight excluding hydrogens is 222 g/mol. The standard InChI is InChI=1S/C16H31NO/c1-13-8-7-10-16(12-13,17(5)6)14(18)9-11-15(2,3)4/h13H,7-12H2,1-6H3. The van der Waals surface area contributed by atoms with Crippen molar-refractivity contribution in [3.05, 3.63) is 0 Å².